The van der Waals surface area contributed by atoms with Gasteiger partial charge in [0.15, 0.2) is 0 Å². The predicted molar refractivity (Wildman–Crippen MR) is 226 cm³/mol. The molecule has 53 heavy (non-hydrogen) atoms. The van der Waals surface area contributed by atoms with Crippen molar-refractivity contribution in [2.45, 2.75) is 32.1 Å². The Bertz CT molecular complexity index is 2330. The second-order valence-corrected chi connectivity index (χ2v) is 14.3. The molecule has 0 spiro atoms. The first kappa shape index (κ1) is 32.7. The van der Waals surface area contributed by atoms with E-state index in [1.807, 2.05) is 0 Å². The molecule has 254 valence electrons. The summed E-state index contributed by atoms with van der Waals surface area (Å²) in [6, 6.07) is 71.6. The molecule has 0 fully saturated rings. The van der Waals surface area contributed by atoms with Crippen molar-refractivity contribution in [3.63, 3.8) is 0 Å². The van der Waals surface area contributed by atoms with Crippen molar-refractivity contribution in [1.82, 2.24) is 0 Å². The minimum atomic E-state index is -0.105. The molecule has 0 aliphatic heterocycles. The third-order valence-corrected chi connectivity index (χ3v) is 11.6. The lowest BCUT2D eigenvalue weighted by molar-refractivity contribution is 0.491. The highest BCUT2D eigenvalue weighted by Gasteiger charge is 2.42. The van der Waals surface area contributed by atoms with E-state index in [4.69, 9.17) is 0 Å². The van der Waals surface area contributed by atoms with E-state index in [9.17, 15) is 0 Å². The Morgan fingerprint density at radius 1 is 0.264 bits per heavy atom. The minimum Gasteiger partial charge on any atom is -0.0642 e. The fourth-order valence-corrected chi connectivity index (χ4v) is 8.73. The third kappa shape index (κ3) is 5.72. The minimum absolute atomic E-state index is 0.105. The zero-order chi connectivity index (χ0) is 35.8. The molecular formula is C53H42. The number of fused-ring (bicyclic) bond motifs is 3. The molecule has 0 unspecified atom stereocenters. The zero-order valence-electron chi connectivity index (χ0n) is 30.4. The van der Waals surface area contributed by atoms with Gasteiger partial charge in [-0.05, 0) is 126 Å². The van der Waals surface area contributed by atoms with Gasteiger partial charge < -0.3 is 0 Å². The highest BCUT2D eigenvalue weighted by Crippen LogP contribution is 2.57. The van der Waals surface area contributed by atoms with E-state index >= 15 is 0 Å². The van der Waals surface area contributed by atoms with Gasteiger partial charge in [0.25, 0.3) is 0 Å². The first-order chi connectivity index (χ1) is 26.2. The van der Waals surface area contributed by atoms with Gasteiger partial charge in [-0.15, -0.1) is 0 Å². The summed E-state index contributed by atoms with van der Waals surface area (Å²) in [7, 11) is 0. The van der Waals surface area contributed by atoms with Crippen molar-refractivity contribution in [3.8, 4) is 77.9 Å². The van der Waals surface area contributed by atoms with Crippen LogP contribution < -0.4 is 0 Å². The molecule has 8 aromatic carbocycles. The summed E-state index contributed by atoms with van der Waals surface area (Å²) in [4.78, 5) is 0. The summed E-state index contributed by atoms with van der Waals surface area (Å²) >= 11 is 0. The maximum absolute atomic E-state index is 2.54. The van der Waals surface area contributed by atoms with Crippen molar-refractivity contribution in [3.05, 3.63) is 205 Å². The van der Waals surface area contributed by atoms with Crippen LogP contribution in [0.3, 0.4) is 0 Å². The lowest BCUT2D eigenvalue weighted by Crippen LogP contribution is -2.23. The summed E-state index contributed by atoms with van der Waals surface area (Å²) in [5.41, 5.74) is 20.5. The summed E-state index contributed by atoms with van der Waals surface area (Å²) in [6.07, 6.45) is 2.05. The van der Waals surface area contributed by atoms with Gasteiger partial charge in [0.2, 0.25) is 0 Å². The van der Waals surface area contributed by atoms with Crippen LogP contribution in [0.5, 0.6) is 0 Å². The molecule has 0 saturated heterocycles. The van der Waals surface area contributed by atoms with Gasteiger partial charge in [0.05, 0.1) is 0 Å². The van der Waals surface area contributed by atoms with Gasteiger partial charge in [-0.2, -0.15) is 0 Å². The first-order valence-corrected chi connectivity index (χ1v) is 19.0. The topological polar surface area (TPSA) is 0 Å². The quantitative estimate of drug-likeness (QED) is 0.150. The highest BCUT2D eigenvalue weighted by molar-refractivity contribution is 5.97. The van der Waals surface area contributed by atoms with Crippen LogP contribution >= 0.6 is 0 Å². The average molecular weight is 679 g/mol. The second kappa shape index (κ2) is 13.7. The van der Waals surface area contributed by atoms with Gasteiger partial charge in [-0.3, -0.25) is 0 Å². The fraction of sp³-hybridized carbons (Fsp3) is 0.0943. The molecule has 0 heteroatoms. The summed E-state index contributed by atoms with van der Waals surface area (Å²) in [5, 5.41) is 0. The van der Waals surface area contributed by atoms with E-state index in [1.165, 1.54) is 89.0 Å². The van der Waals surface area contributed by atoms with E-state index in [0.717, 1.165) is 12.8 Å². The predicted octanol–water partition coefficient (Wildman–Crippen LogP) is 14.8. The second-order valence-electron chi connectivity index (χ2n) is 14.3. The van der Waals surface area contributed by atoms with Crippen molar-refractivity contribution < 1.29 is 0 Å². The van der Waals surface area contributed by atoms with E-state index in [2.05, 4.69) is 208 Å². The van der Waals surface area contributed by atoms with E-state index in [0.29, 0.717) is 0 Å². The maximum atomic E-state index is 2.54. The van der Waals surface area contributed by atoms with Gasteiger partial charge in [0, 0.05) is 5.41 Å². The van der Waals surface area contributed by atoms with Crippen molar-refractivity contribution in [2.24, 2.45) is 0 Å². The molecule has 0 heterocycles. The van der Waals surface area contributed by atoms with Gasteiger partial charge >= 0.3 is 0 Å². The number of rotatable bonds is 8. The lowest BCUT2D eigenvalue weighted by Gasteiger charge is -2.31. The number of benzene rings is 8. The molecule has 0 N–H and O–H groups in total. The standard InChI is InChI=1S/C53H42/c1-3-53(4-2)51-35-47(43-29-25-39(26-30-43)37-17-9-5-10-18-37)45(41-21-13-7-14-22-41)33-49(51)50-34-46(42-23-15-8-16-24-42)48(36-52(50)53)44-31-27-40(28-32-44)38-19-11-6-12-20-38/h5-36H,3-4H2,1-2H3. The SMILES string of the molecule is CCC1(CC)c2cc(-c3ccc(-c4ccccc4)cc3)c(-c3ccccc3)cc2-c2cc(-c3ccccc3)c(-c3ccc(-c4ccccc4)cc3)cc21. The smallest absolute Gasteiger partial charge is 0.0210 e. The normalized spacial score (nSPS) is 12.6. The van der Waals surface area contributed by atoms with Crippen molar-refractivity contribution in [2.75, 3.05) is 0 Å². The zero-order valence-corrected chi connectivity index (χ0v) is 30.4. The van der Waals surface area contributed by atoms with Crippen molar-refractivity contribution >= 4 is 0 Å². The summed E-state index contributed by atoms with van der Waals surface area (Å²) in [6.45, 7) is 4.75. The molecule has 8 aromatic rings. The van der Waals surface area contributed by atoms with Crippen LogP contribution in [-0.2, 0) is 5.41 Å². The average Bonchev–Trinajstić information content (AvgIpc) is 3.52. The molecular weight excluding hydrogens is 637 g/mol. The Morgan fingerprint density at radius 2 is 0.509 bits per heavy atom. The Labute approximate surface area is 314 Å². The Hall–Kier alpha value is -6.24. The third-order valence-electron chi connectivity index (χ3n) is 11.6. The number of hydrogen-bond acceptors (Lipinski definition) is 0. The van der Waals surface area contributed by atoms with Crippen LogP contribution in [0.25, 0.3) is 77.9 Å². The van der Waals surface area contributed by atoms with Gasteiger partial charge in [-0.25, -0.2) is 0 Å². The van der Waals surface area contributed by atoms with E-state index < -0.39 is 0 Å². The summed E-state index contributed by atoms with van der Waals surface area (Å²) < 4.78 is 0. The fourth-order valence-electron chi connectivity index (χ4n) is 8.73. The first-order valence-electron chi connectivity index (χ1n) is 19.0. The van der Waals surface area contributed by atoms with Crippen LogP contribution in [0.2, 0.25) is 0 Å². The molecule has 1 aliphatic carbocycles. The van der Waals surface area contributed by atoms with Crippen molar-refractivity contribution in [1.29, 1.82) is 0 Å². The molecule has 9 rings (SSSR count). The molecule has 0 nitrogen and oxygen atoms in total. The Balaban J connectivity index is 1.26. The van der Waals surface area contributed by atoms with Gasteiger partial charge in [-0.1, -0.05) is 184 Å². The molecule has 1 aliphatic rings. The van der Waals surface area contributed by atoms with Crippen LogP contribution in [0.1, 0.15) is 37.8 Å². The molecule has 0 bridgehead atoms. The lowest BCUT2D eigenvalue weighted by atomic mass is 9.72. The molecule has 0 amide bonds. The van der Waals surface area contributed by atoms with Crippen LogP contribution in [-0.4, -0.2) is 0 Å². The van der Waals surface area contributed by atoms with E-state index in [-0.39, 0.29) is 5.41 Å². The molecule has 0 radical (unpaired) electrons. The Kier molecular flexibility index (Phi) is 8.45. The van der Waals surface area contributed by atoms with Crippen LogP contribution in [0, 0.1) is 0 Å². The maximum Gasteiger partial charge on any atom is 0.0210 e. The van der Waals surface area contributed by atoms with Crippen LogP contribution in [0.15, 0.2) is 194 Å². The largest absolute Gasteiger partial charge is 0.0642 e. The monoisotopic (exact) mass is 678 g/mol. The summed E-state index contributed by atoms with van der Waals surface area (Å²) in [5.74, 6) is 0. The highest BCUT2D eigenvalue weighted by atomic mass is 14.4. The Morgan fingerprint density at radius 3 is 0.830 bits per heavy atom. The van der Waals surface area contributed by atoms with Gasteiger partial charge in [0.1, 0.15) is 0 Å². The molecule has 0 atom stereocenters. The molecule has 0 saturated carbocycles. The molecule has 0 aromatic heterocycles. The van der Waals surface area contributed by atoms with Crippen LogP contribution in [0.4, 0.5) is 0 Å². The number of hydrogen-bond donors (Lipinski definition) is 0. The van der Waals surface area contributed by atoms with E-state index in [1.54, 1.807) is 0 Å².